The topological polar surface area (TPSA) is 108 Å². The lowest BCUT2D eigenvalue weighted by molar-refractivity contribution is -0.161. The van der Waals surface area contributed by atoms with Crippen LogP contribution < -0.4 is 0 Å². The number of carbonyl (C=O) groups excluding carboxylic acids is 2. The van der Waals surface area contributed by atoms with Crippen LogP contribution in [0.1, 0.15) is 227 Å². The summed E-state index contributed by atoms with van der Waals surface area (Å²) < 4.78 is 33.8. The van der Waals surface area contributed by atoms with E-state index < -0.39 is 26.5 Å². The average molecular weight is 773 g/mol. The van der Waals surface area contributed by atoms with Crippen LogP contribution in [-0.2, 0) is 32.7 Å². The number of rotatable bonds is 39. The number of carbonyl (C=O) groups is 2. The summed E-state index contributed by atoms with van der Waals surface area (Å²) >= 11 is 0. The quantitative estimate of drug-likeness (QED) is 0.0285. The molecule has 2 unspecified atom stereocenters. The molecule has 0 spiro atoms. The zero-order valence-corrected chi connectivity index (χ0v) is 36.2. The van der Waals surface area contributed by atoms with Gasteiger partial charge in [-0.3, -0.25) is 18.6 Å². The summed E-state index contributed by atoms with van der Waals surface area (Å²) in [6.07, 6.45) is 36.8. The molecule has 53 heavy (non-hydrogen) atoms. The van der Waals surface area contributed by atoms with Gasteiger partial charge in [0.05, 0.1) is 13.2 Å². The molecule has 0 rings (SSSR count). The Bertz CT molecular complexity index is 916. The molecule has 0 aliphatic heterocycles. The third-order valence-corrected chi connectivity index (χ3v) is 10.6. The Hall–Kier alpha value is -1.21. The lowest BCUT2D eigenvalue weighted by atomic mass is 9.91. The van der Waals surface area contributed by atoms with Gasteiger partial charge in [-0.15, -0.1) is 0 Å². The number of unbranched alkanes of at least 4 members (excludes halogenated alkanes) is 23. The largest absolute Gasteiger partial charge is 0.472 e. The van der Waals surface area contributed by atoms with Crippen LogP contribution in [-0.4, -0.2) is 42.8 Å². The highest BCUT2D eigenvalue weighted by atomic mass is 31.2. The molecular formula is C44H85O8P. The van der Waals surface area contributed by atoms with E-state index in [0.717, 1.165) is 57.8 Å². The SMILES string of the molecule is CCCCCCCC/C=C\CCCCCCCC(=O)OC(COC(=O)CCCCCCCCCCCCCCC)COP(=O)(O)OCCCC(C)(C)C. The van der Waals surface area contributed by atoms with E-state index in [2.05, 4.69) is 46.8 Å². The number of ether oxygens (including phenoxy) is 2. The molecule has 0 saturated heterocycles. The number of hydrogen-bond donors (Lipinski definition) is 1. The van der Waals surface area contributed by atoms with Crippen molar-refractivity contribution in [1.29, 1.82) is 0 Å². The summed E-state index contributed by atoms with van der Waals surface area (Å²) in [5.74, 6) is -0.792. The van der Waals surface area contributed by atoms with Gasteiger partial charge in [0.15, 0.2) is 6.10 Å². The van der Waals surface area contributed by atoms with Crippen LogP contribution in [0, 0.1) is 5.41 Å². The minimum atomic E-state index is -4.35. The summed E-state index contributed by atoms with van der Waals surface area (Å²) in [7, 11) is -4.35. The van der Waals surface area contributed by atoms with Crippen molar-refractivity contribution >= 4 is 19.8 Å². The normalized spacial score (nSPS) is 13.7. The lowest BCUT2D eigenvalue weighted by Crippen LogP contribution is -2.29. The van der Waals surface area contributed by atoms with Crippen LogP contribution in [0.15, 0.2) is 12.2 Å². The van der Waals surface area contributed by atoms with Gasteiger partial charge in [0.1, 0.15) is 6.61 Å². The van der Waals surface area contributed by atoms with Crippen molar-refractivity contribution in [3.8, 4) is 0 Å². The van der Waals surface area contributed by atoms with Gasteiger partial charge >= 0.3 is 19.8 Å². The van der Waals surface area contributed by atoms with E-state index in [-0.39, 0.29) is 31.0 Å². The summed E-state index contributed by atoms with van der Waals surface area (Å²) in [6, 6.07) is 0. The van der Waals surface area contributed by atoms with Gasteiger partial charge in [-0.2, -0.15) is 0 Å². The molecule has 0 bridgehead atoms. The van der Waals surface area contributed by atoms with Crippen LogP contribution in [0.5, 0.6) is 0 Å². The van der Waals surface area contributed by atoms with Crippen LogP contribution >= 0.6 is 7.82 Å². The smallest absolute Gasteiger partial charge is 0.462 e. The number of esters is 2. The summed E-state index contributed by atoms with van der Waals surface area (Å²) in [5, 5.41) is 0. The van der Waals surface area contributed by atoms with Crippen LogP contribution in [0.2, 0.25) is 0 Å². The first-order valence-electron chi connectivity index (χ1n) is 22.1. The predicted octanol–water partition coefficient (Wildman–Crippen LogP) is 13.9. The van der Waals surface area contributed by atoms with Crippen LogP contribution in [0.4, 0.5) is 0 Å². The highest BCUT2D eigenvalue weighted by Gasteiger charge is 2.26. The highest BCUT2D eigenvalue weighted by molar-refractivity contribution is 7.47. The van der Waals surface area contributed by atoms with E-state index in [1.807, 2.05) is 0 Å². The molecule has 0 aliphatic rings. The van der Waals surface area contributed by atoms with Gasteiger partial charge in [-0.1, -0.05) is 175 Å². The second-order valence-electron chi connectivity index (χ2n) is 16.4. The van der Waals surface area contributed by atoms with E-state index in [0.29, 0.717) is 19.3 Å². The number of phosphoric acid groups is 1. The molecule has 314 valence electrons. The van der Waals surface area contributed by atoms with Crippen molar-refractivity contribution in [1.82, 2.24) is 0 Å². The van der Waals surface area contributed by atoms with Gasteiger partial charge in [0, 0.05) is 12.8 Å². The Morgan fingerprint density at radius 1 is 0.566 bits per heavy atom. The molecule has 0 amide bonds. The van der Waals surface area contributed by atoms with Gasteiger partial charge in [-0.25, -0.2) is 4.57 Å². The third-order valence-electron chi connectivity index (χ3n) is 9.60. The van der Waals surface area contributed by atoms with Crippen molar-refractivity contribution in [3.63, 3.8) is 0 Å². The Labute approximate surface area is 327 Å². The summed E-state index contributed by atoms with van der Waals surface area (Å²) in [4.78, 5) is 35.4. The van der Waals surface area contributed by atoms with Crippen molar-refractivity contribution < 1.29 is 37.6 Å². The van der Waals surface area contributed by atoms with Crippen LogP contribution in [0.25, 0.3) is 0 Å². The minimum absolute atomic E-state index is 0.0824. The van der Waals surface area contributed by atoms with Gasteiger partial charge in [0.2, 0.25) is 0 Å². The van der Waals surface area contributed by atoms with Crippen molar-refractivity contribution in [2.75, 3.05) is 19.8 Å². The third kappa shape index (κ3) is 40.3. The van der Waals surface area contributed by atoms with Gasteiger partial charge < -0.3 is 14.4 Å². The maximum atomic E-state index is 12.7. The molecule has 0 aliphatic carbocycles. The molecule has 9 heteroatoms. The van der Waals surface area contributed by atoms with Crippen molar-refractivity contribution in [2.24, 2.45) is 5.41 Å². The molecule has 8 nitrogen and oxygen atoms in total. The maximum absolute atomic E-state index is 12.7. The van der Waals surface area contributed by atoms with E-state index in [1.54, 1.807) is 0 Å². The van der Waals surface area contributed by atoms with Gasteiger partial charge in [-0.05, 0) is 56.8 Å². The number of hydrogen-bond acceptors (Lipinski definition) is 7. The van der Waals surface area contributed by atoms with E-state index in [9.17, 15) is 19.0 Å². The average Bonchev–Trinajstić information content (AvgIpc) is 3.11. The van der Waals surface area contributed by atoms with Gasteiger partial charge in [0.25, 0.3) is 0 Å². The standard InChI is InChI=1S/C44H85O8P/c1-6-8-10-12-14-16-18-20-21-23-25-27-29-31-33-36-43(46)52-41(40-51-53(47,48)50-38-34-37-44(3,4)5)39-49-42(45)35-32-30-28-26-24-22-19-17-15-13-11-9-7-2/h20-21,41H,6-19,22-40H2,1-5H3,(H,47,48)/b21-20-. The fourth-order valence-corrected chi connectivity index (χ4v) is 7.03. The Kier molecular flexibility index (Phi) is 35.6. The molecule has 1 N–H and O–H groups in total. The number of phosphoric ester groups is 1. The first-order chi connectivity index (χ1) is 25.5. The Morgan fingerprint density at radius 3 is 1.43 bits per heavy atom. The first kappa shape index (κ1) is 51.8. The Morgan fingerprint density at radius 2 is 0.981 bits per heavy atom. The highest BCUT2D eigenvalue weighted by Crippen LogP contribution is 2.43. The van der Waals surface area contributed by atoms with Crippen LogP contribution in [0.3, 0.4) is 0 Å². The second kappa shape index (κ2) is 36.4. The number of allylic oxidation sites excluding steroid dienone is 2. The maximum Gasteiger partial charge on any atom is 0.472 e. The first-order valence-corrected chi connectivity index (χ1v) is 23.6. The predicted molar refractivity (Wildman–Crippen MR) is 221 cm³/mol. The zero-order valence-electron chi connectivity index (χ0n) is 35.3. The zero-order chi connectivity index (χ0) is 39.3. The molecular weight excluding hydrogens is 687 g/mol. The molecule has 0 radical (unpaired) electrons. The fraction of sp³-hybridized carbons (Fsp3) is 0.909. The van der Waals surface area contributed by atoms with Crippen molar-refractivity contribution in [2.45, 2.75) is 233 Å². The molecule has 0 fully saturated rings. The van der Waals surface area contributed by atoms with E-state index in [4.69, 9.17) is 18.5 Å². The Balaban J connectivity index is 4.41. The summed E-state index contributed by atoms with van der Waals surface area (Å²) in [5.41, 5.74) is 0.0871. The fourth-order valence-electron chi connectivity index (χ4n) is 6.24. The van der Waals surface area contributed by atoms with E-state index in [1.165, 1.54) is 109 Å². The lowest BCUT2D eigenvalue weighted by Gasteiger charge is -2.21. The van der Waals surface area contributed by atoms with E-state index >= 15 is 0 Å². The molecule has 0 heterocycles. The second-order valence-corrected chi connectivity index (χ2v) is 17.8. The molecule has 2 atom stereocenters. The molecule has 0 aromatic heterocycles. The summed E-state index contributed by atoms with van der Waals surface area (Å²) in [6.45, 7) is 10.3. The minimum Gasteiger partial charge on any atom is -0.462 e. The monoisotopic (exact) mass is 773 g/mol. The molecule has 0 aromatic rings. The molecule has 0 aromatic carbocycles. The molecule has 0 saturated carbocycles. The van der Waals surface area contributed by atoms with Crippen molar-refractivity contribution in [3.05, 3.63) is 12.2 Å².